The van der Waals surface area contributed by atoms with Crippen LogP contribution in [-0.2, 0) is 19.6 Å². The molecule has 4 heteroatoms. The van der Waals surface area contributed by atoms with Crippen molar-refractivity contribution >= 4 is 0 Å². The number of rotatable bonds is 5. The van der Waals surface area contributed by atoms with Gasteiger partial charge in [0.15, 0.2) is 0 Å². The fourth-order valence-electron chi connectivity index (χ4n) is 1.60. The van der Waals surface area contributed by atoms with Crippen LogP contribution in [0.2, 0.25) is 0 Å². The first kappa shape index (κ1) is 18.4. The van der Waals surface area contributed by atoms with Gasteiger partial charge in [0, 0.05) is 6.42 Å². The first-order chi connectivity index (χ1) is 9.43. The Morgan fingerprint density at radius 1 is 0.952 bits per heavy atom. The monoisotopic (exact) mass is 298 g/mol. The highest BCUT2D eigenvalue weighted by Gasteiger charge is 2.37. The molecule has 1 rings (SSSR count). The molecule has 0 unspecified atom stereocenters. The van der Waals surface area contributed by atoms with Gasteiger partial charge in [0.1, 0.15) is 0 Å². The van der Waals surface area contributed by atoms with E-state index in [4.69, 9.17) is 19.6 Å². The van der Waals surface area contributed by atoms with Gasteiger partial charge in [-0.05, 0) is 59.1 Å². The van der Waals surface area contributed by atoms with E-state index in [0.29, 0.717) is 12.3 Å². The number of hydrogen-bond acceptors (Lipinski definition) is 4. The van der Waals surface area contributed by atoms with Crippen molar-refractivity contribution in [2.24, 2.45) is 5.92 Å². The van der Waals surface area contributed by atoms with E-state index in [-0.39, 0.29) is 0 Å². The molecule has 4 nitrogen and oxygen atoms in total. The highest BCUT2D eigenvalue weighted by molar-refractivity contribution is 5.28. The Morgan fingerprint density at radius 3 is 1.81 bits per heavy atom. The summed E-state index contributed by atoms with van der Waals surface area (Å²) in [6.45, 7) is 15.8. The van der Waals surface area contributed by atoms with Gasteiger partial charge in [-0.2, -0.15) is 9.78 Å². The van der Waals surface area contributed by atoms with Crippen molar-refractivity contribution in [2.75, 3.05) is 0 Å². The molecule has 0 N–H and O–H groups in total. The van der Waals surface area contributed by atoms with Crippen LogP contribution in [0.3, 0.4) is 0 Å². The molecule has 0 saturated heterocycles. The summed E-state index contributed by atoms with van der Waals surface area (Å²) in [6, 6.07) is 0. The molecule has 1 aliphatic carbocycles. The maximum atomic E-state index is 5.64. The summed E-state index contributed by atoms with van der Waals surface area (Å²) in [4.78, 5) is 22.2. The molecular weight excluding hydrogens is 268 g/mol. The van der Waals surface area contributed by atoms with Crippen LogP contribution in [0.4, 0.5) is 0 Å². The van der Waals surface area contributed by atoms with Gasteiger partial charge in [-0.25, -0.2) is 9.78 Å². The molecule has 0 aromatic rings. The van der Waals surface area contributed by atoms with Crippen LogP contribution in [0.15, 0.2) is 23.8 Å². The SMILES string of the molecule is CC(C)C1=CC(OOC(C)(C)C)(OOC(C)(C)C)CC=C1. The summed E-state index contributed by atoms with van der Waals surface area (Å²) in [7, 11) is 0. The van der Waals surface area contributed by atoms with Crippen molar-refractivity contribution in [3.63, 3.8) is 0 Å². The van der Waals surface area contributed by atoms with E-state index < -0.39 is 17.0 Å². The minimum atomic E-state index is -1.05. The van der Waals surface area contributed by atoms with Gasteiger partial charge in [0.05, 0.1) is 11.2 Å². The average Bonchev–Trinajstić information content (AvgIpc) is 2.33. The average molecular weight is 298 g/mol. The van der Waals surface area contributed by atoms with Crippen molar-refractivity contribution in [2.45, 2.75) is 78.8 Å². The fourth-order valence-corrected chi connectivity index (χ4v) is 1.60. The van der Waals surface area contributed by atoms with E-state index in [1.165, 1.54) is 0 Å². The van der Waals surface area contributed by atoms with Crippen molar-refractivity contribution < 1.29 is 19.6 Å². The standard InChI is InChI=1S/C17H30O4/c1-13(2)14-10-9-11-17(12-14,20-18-15(3,4)5)21-19-16(6,7)8/h9-10,12-13H,11H2,1-8H3. The highest BCUT2D eigenvalue weighted by atomic mass is 17.3. The Morgan fingerprint density at radius 2 is 1.43 bits per heavy atom. The zero-order valence-corrected chi connectivity index (χ0v) is 14.6. The molecule has 0 radical (unpaired) electrons. The molecule has 0 fully saturated rings. The molecule has 21 heavy (non-hydrogen) atoms. The minimum Gasteiger partial charge on any atom is -0.227 e. The van der Waals surface area contributed by atoms with Crippen molar-refractivity contribution in [3.8, 4) is 0 Å². The molecule has 0 amide bonds. The smallest absolute Gasteiger partial charge is 0.227 e. The van der Waals surface area contributed by atoms with Crippen LogP contribution in [0.25, 0.3) is 0 Å². The summed E-state index contributed by atoms with van der Waals surface area (Å²) in [6.07, 6.45) is 6.59. The zero-order chi connectivity index (χ0) is 16.3. The Hall–Kier alpha value is -0.680. The molecule has 1 aliphatic rings. The summed E-state index contributed by atoms with van der Waals surface area (Å²) in [5.74, 6) is -0.674. The van der Waals surface area contributed by atoms with Gasteiger partial charge in [-0.3, -0.25) is 0 Å². The van der Waals surface area contributed by atoms with Gasteiger partial charge < -0.3 is 0 Å². The summed E-state index contributed by atoms with van der Waals surface area (Å²) in [5, 5.41) is 0. The molecule has 0 aromatic carbocycles. The van der Waals surface area contributed by atoms with Crippen molar-refractivity contribution in [3.05, 3.63) is 23.8 Å². The minimum absolute atomic E-state index is 0.373. The predicted octanol–water partition coefficient (Wildman–Crippen LogP) is 4.72. The number of hydrogen-bond donors (Lipinski definition) is 0. The Labute approximate surface area is 129 Å². The zero-order valence-electron chi connectivity index (χ0n) is 14.6. The van der Waals surface area contributed by atoms with Crippen molar-refractivity contribution in [1.82, 2.24) is 0 Å². The molecule has 0 bridgehead atoms. The van der Waals surface area contributed by atoms with Gasteiger partial charge in [-0.15, -0.1) is 0 Å². The topological polar surface area (TPSA) is 36.9 Å². The first-order valence-corrected chi connectivity index (χ1v) is 7.55. The molecule has 0 aliphatic heterocycles. The Kier molecular flexibility index (Phi) is 5.78. The lowest BCUT2D eigenvalue weighted by atomic mass is 9.94. The first-order valence-electron chi connectivity index (χ1n) is 7.55. The largest absolute Gasteiger partial charge is 0.256 e. The van der Waals surface area contributed by atoms with Gasteiger partial charge in [-0.1, -0.05) is 26.0 Å². The second kappa shape index (κ2) is 6.61. The third-order valence-electron chi connectivity index (χ3n) is 2.63. The molecule has 0 atom stereocenters. The van der Waals surface area contributed by atoms with Crippen LogP contribution in [0.5, 0.6) is 0 Å². The Balaban J connectivity index is 2.92. The summed E-state index contributed by atoms with van der Waals surface area (Å²) in [5.41, 5.74) is 0.284. The van der Waals surface area contributed by atoms with Crippen molar-refractivity contribution in [1.29, 1.82) is 0 Å². The maximum absolute atomic E-state index is 5.64. The lowest BCUT2D eigenvalue weighted by molar-refractivity contribution is -0.526. The van der Waals surface area contributed by atoms with Crippen LogP contribution < -0.4 is 0 Å². The predicted molar refractivity (Wildman–Crippen MR) is 83.3 cm³/mol. The third-order valence-corrected chi connectivity index (χ3v) is 2.63. The molecule has 0 heterocycles. The van der Waals surface area contributed by atoms with E-state index in [9.17, 15) is 0 Å². The van der Waals surface area contributed by atoms with Crippen LogP contribution in [0, 0.1) is 5.92 Å². The van der Waals surface area contributed by atoms with Crippen LogP contribution in [-0.4, -0.2) is 17.0 Å². The fraction of sp³-hybridized carbons (Fsp3) is 0.765. The lowest BCUT2D eigenvalue weighted by Gasteiger charge is -2.35. The van der Waals surface area contributed by atoms with E-state index in [1.54, 1.807) is 0 Å². The van der Waals surface area contributed by atoms with Crippen LogP contribution in [0.1, 0.15) is 61.8 Å². The number of allylic oxidation sites excluding steroid dienone is 2. The normalized spacial score (nSPS) is 19.0. The van der Waals surface area contributed by atoms with E-state index >= 15 is 0 Å². The second-order valence-electron chi connectivity index (χ2n) is 7.78. The molecule has 0 aromatic heterocycles. The van der Waals surface area contributed by atoms with Gasteiger partial charge in [0.25, 0.3) is 5.79 Å². The summed E-state index contributed by atoms with van der Waals surface area (Å²) >= 11 is 0. The molecular formula is C17H30O4. The van der Waals surface area contributed by atoms with E-state index in [0.717, 1.165) is 5.57 Å². The van der Waals surface area contributed by atoms with E-state index in [2.05, 4.69) is 19.9 Å². The second-order valence-corrected chi connectivity index (χ2v) is 7.78. The van der Waals surface area contributed by atoms with Crippen LogP contribution >= 0.6 is 0 Å². The highest BCUT2D eigenvalue weighted by Crippen LogP contribution is 2.32. The lowest BCUT2D eigenvalue weighted by Crippen LogP contribution is -2.40. The summed E-state index contributed by atoms with van der Waals surface area (Å²) < 4.78 is 0. The van der Waals surface area contributed by atoms with Gasteiger partial charge in [0.2, 0.25) is 0 Å². The molecule has 0 spiro atoms. The third kappa shape index (κ3) is 6.74. The molecule has 122 valence electrons. The maximum Gasteiger partial charge on any atom is 0.256 e. The quantitative estimate of drug-likeness (QED) is 0.418. The Bertz CT molecular complexity index is 376. The molecule has 0 saturated carbocycles. The van der Waals surface area contributed by atoms with E-state index in [1.807, 2.05) is 53.7 Å². The van der Waals surface area contributed by atoms with Gasteiger partial charge >= 0.3 is 0 Å².